The van der Waals surface area contributed by atoms with Gasteiger partial charge in [0, 0.05) is 10.9 Å². The highest BCUT2D eigenvalue weighted by Crippen LogP contribution is 2.29. The van der Waals surface area contributed by atoms with Gasteiger partial charge >= 0.3 is 0 Å². The lowest BCUT2D eigenvalue weighted by Gasteiger charge is -2.10. The smallest absolute Gasteiger partial charge is 0.257 e. The van der Waals surface area contributed by atoms with Crippen molar-refractivity contribution in [3.8, 4) is 0 Å². The SMILES string of the molecule is CC[C@@H](C)n1nc(NC(=O)c2ccccc2C)c2cc3cc(C)ccc3nc21. The van der Waals surface area contributed by atoms with E-state index in [4.69, 9.17) is 10.1 Å². The van der Waals surface area contributed by atoms with Crippen molar-refractivity contribution in [2.45, 2.75) is 40.2 Å². The van der Waals surface area contributed by atoms with Gasteiger partial charge in [0.1, 0.15) is 0 Å². The second-order valence-corrected chi connectivity index (χ2v) is 7.38. The van der Waals surface area contributed by atoms with E-state index >= 15 is 0 Å². The highest BCUT2D eigenvalue weighted by Gasteiger charge is 2.19. The first kappa shape index (κ1) is 18.2. The van der Waals surface area contributed by atoms with Gasteiger partial charge in [-0.15, -0.1) is 0 Å². The molecule has 0 aliphatic carbocycles. The van der Waals surface area contributed by atoms with E-state index in [1.54, 1.807) is 0 Å². The summed E-state index contributed by atoms with van der Waals surface area (Å²) >= 11 is 0. The van der Waals surface area contributed by atoms with E-state index in [0.717, 1.165) is 33.9 Å². The van der Waals surface area contributed by atoms with Crippen LogP contribution >= 0.6 is 0 Å². The maximum Gasteiger partial charge on any atom is 0.257 e. The molecule has 5 heteroatoms. The molecule has 0 aliphatic rings. The van der Waals surface area contributed by atoms with Crippen molar-refractivity contribution in [2.75, 3.05) is 5.32 Å². The van der Waals surface area contributed by atoms with Gasteiger partial charge in [-0.1, -0.05) is 36.8 Å². The summed E-state index contributed by atoms with van der Waals surface area (Å²) in [5, 5.41) is 9.64. The standard InChI is InChI=1S/C23H24N4O/c1-5-16(4)27-22-19(13-17-12-14(2)10-11-20(17)24-22)21(26-27)25-23(28)18-9-7-6-8-15(18)3/h6-13,16H,5H2,1-4H3,(H,25,26,28)/t16-/m1/s1. The number of nitrogens with one attached hydrogen (secondary N) is 1. The van der Waals surface area contributed by atoms with Crippen LogP contribution in [0.5, 0.6) is 0 Å². The molecule has 142 valence electrons. The van der Waals surface area contributed by atoms with Crippen LogP contribution in [0.1, 0.15) is 47.8 Å². The molecule has 28 heavy (non-hydrogen) atoms. The third kappa shape index (κ3) is 3.13. The molecule has 0 saturated carbocycles. The predicted molar refractivity (Wildman–Crippen MR) is 114 cm³/mol. The molecule has 0 unspecified atom stereocenters. The van der Waals surface area contributed by atoms with E-state index in [-0.39, 0.29) is 11.9 Å². The molecule has 0 saturated heterocycles. The van der Waals surface area contributed by atoms with E-state index < -0.39 is 0 Å². The number of benzene rings is 2. The molecule has 0 spiro atoms. The van der Waals surface area contributed by atoms with E-state index in [1.165, 1.54) is 5.56 Å². The van der Waals surface area contributed by atoms with E-state index in [1.807, 2.05) is 41.9 Å². The summed E-state index contributed by atoms with van der Waals surface area (Å²) in [4.78, 5) is 17.7. The van der Waals surface area contributed by atoms with Crippen LogP contribution in [0.2, 0.25) is 0 Å². The fourth-order valence-electron chi connectivity index (χ4n) is 3.42. The van der Waals surface area contributed by atoms with E-state index in [0.29, 0.717) is 11.4 Å². The molecule has 0 fully saturated rings. The van der Waals surface area contributed by atoms with Gasteiger partial charge in [-0.3, -0.25) is 4.79 Å². The number of anilines is 1. The van der Waals surface area contributed by atoms with Gasteiger partial charge in [-0.25, -0.2) is 9.67 Å². The summed E-state index contributed by atoms with van der Waals surface area (Å²) in [6, 6.07) is 16.0. The first-order valence-electron chi connectivity index (χ1n) is 9.64. The molecule has 2 aromatic carbocycles. The van der Waals surface area contributed by atoms with Crippen molar-refractivity contribution in [1.29, 1.82) is 0 Å². The molecular formula is C23H24N4O. The lowest BCUT2D eigenvalue weighted by molar-refractivity contribution is 0.102. The molecular weight excluding hydrogens is 348 g/mol. The lowest BCUT2D eigenvalue weighted by Crippen LogP contribution is -2.14. The molecule has 0 bridgehead atoms. The van der Waals surface area contributed by atoms with E-state index in [9.17, 15) is 4.79 Å². The summed E-state index contributed by atoms with van der Waals surface area (Å²) in [5.41, 5.74) is 4.49. The number of hydrogen-bond acceptors (Lipinski definition) is 3. The third-order valence-electron chi connectivity index (χ3n) is 5.26. The van der Waals surface area contributed by atoms with Crippen molar-refractivity contribution in [1.82, 2.24) is 14.8 Å². The number of pyridine rings is 1. The van der Waals surface area contributed by atoms with Crippen molar-refractivity contribution in [3.63, 3.8) is 0 Å². The number of hydrogen-bond donors (Lipinski definition) is 1. The molecule has 0 aliphatic heterocycles. The Bertz CT molecular complexity index is 1190. The van der Waals surface area contributed by atoms with Crippen LogP contribution in [0.25, 0.3) is 21.9 Å². The van der Waals surface area contributed by atoms with Crippen LogP contribution in [0, 0.1) is 13.8 Å². The molecule has 1 amide bonds. The van der Waals surface area contributed by atoms with Gasteiger partial charge in [-0.05, 0) is 57.0 Å². The highest BCUT2D eigenvalue weighted by molar-refractivity contribution is 6.09. The average molecular weight is 372 g/mol. The second-order valence-electron chi connectivity index (χ2n) is 7.38. The molecule has 2 heterocycles. The summed E-state index contributed by atoms with van der Waals surface area (Å²) in [7, 11) is 0. The first-order valence-corrected chi connectivity index (χ1v) is 9.64. The molecule has 4 rings (SSSR count). The van der Waals surface area contributed by atoms with E-state index in [2.05, 4.69) is 44.3 Å². The van der Waals surface area contributed by atoms with Crippen LogP contribution in [-0.2, 0) is 0 Å². The van der Waals surface area contributed by atoms with Crippen LogP contribution in [0.4, 0.5) is 5.82 Å². The number of aryl methyl sites for hydroxylation is 2. The zero-order valence-corrected chi connectivity index (χ0v) is 16.7. The highest BCUT2D eigenvalue weighted by atomic mass is 16.1. The topological polar surface area (TPSA) is 59.8 Å². The van der Waals surface area contributed by atoms with Gasteiger partial charge in [0.25, 0.3) is 5.91 Å². The number of amides is 1. The van der Waals surface area contributed by atoms with Gasteiger partial charge in [0.2, 0.25) is 0 Å². The zero-order chi connectivity index (χ0) is 19.8. The van der Waals surface area contributed by atoms with Gasteiger partial charge in [-0.2, -0.15) is 5.10 Å². The Morgan fingerprint density at radius 2 is 1.93 bits per heavy atom. The van der Waals surface area contributed by atoms with Crippen LogP contribution < -0.4 is 5.32 Å². The zero-order valence-electron chi connectivity index (χ0n) is 16.7. The van der Waals surface area contributed by atoms with Crippen molar-refractivity contribution in [2.24, 2.45) is 0 Å². The normalized spacial score (nSPS) is 12.4. The van der Waals surface area contributed by atoms with Crippen LogP contribution in [0.15, 0.2) is 48.5 Å². The molecule has 4 aromatic rings. The largest absolute Gasteiger partial charge is 0.304 e. The maximum absolute atomic E-state index is 12.9. The molecule has 2 aromatic heterocycles. The van der Waals surface area contributed by atoms with Crippen LogP contribution in [-0.4, -0.2) is 20.7 Å². The van der Waals surface area contributed by atoms with Crippen LogP contribution in [0.3, 0.4) is 0 Å². The Kier molecular flexibility index (Phi) is 4.59. The molecule has 1 atom stereocenters. The Hall–Kier alpha value is -3.21. The Morgan fingerprint density at radius 3 is 2.68 bits per heavy atom. The minimum atomic E-state index is -0.154. The molecule has 1 N–H and O–H groups in total. The minimum absolute atomic E-state index is 0.154. The Morgan fingerprint density at radius 1 is 1.14 bits per heavy atom. The lowest BCUT2D eigenvalue weighted by atomic mass is 10.1. The van der Waals surface area contributed by atoms with Gasteiger partial charge < -0.3 is 5.32 Å². The third-order valence-corrected chi connectivity index (χ3v) is 5.26. The van der Waals surface area contributed by atoms with Gasteiger partial charge in [0.05, 0.1) is 16.9 Å². The summed E-state index contributed by atoms with van der Waals surface area (Å²) in [6.45, 7) is 8.23. The quantitative estimate of drug-likeness (QED) is 0.520. The molecule has 0 radical (unpaired) electrons. The van der Waals surface area contributed by atoms with Crippen molar-refractivity contribution < 1.29 is 4.79 Å². The summed E-state index contributed by atoms with van der Waals surface area (Å²) < 4.78 is 1.92. The number of carbonyl (C=O) groups is 1. The minimum Gasteiger partial charge on any atom is -0.304 e. The fraction of sp³-hybridized carbons (Fsp3) is 0.261. The Labute approximate surface area is 164 Å². The number of nitrogens with zero attached hydrogens (tertiary/aromatic N) is 3. The van der Waals surface area contributed by atoms with Gasteiger partial charge in [0.15, 0.2) is 11.5 Å². The van der Waals surface area contributed by atoms with Crippen molar-refractivity contribution >= 4 is 33.7 Å². The van der Waals surface area contributed by atoms with Crippen molar-refractivity contribution in [3.05, 3.63) is 65.2 Å². The number of fused-ring (bicyclic) bond motifs is 2. The monoisotopic (exact) mass is 372 g/mol. The Balaban J connectivity index is 1.87. The molecule has 5 nitrogen and oxygen atoms in total. The number of rotatable bonds is 4. The average Bonchev–Trinajstić information content (AvgIpc) is 3.03. The first-order chi connectivity index (χ1) is 13.5. The fourth-order valence-corrected chi connectivity index (χ4v) is 3.42. The predicted octanol–water partition coefficient (Wildman–Crippen LogP) is 5.42. The maximum atomic E-state index is 12.9. The summed E-state index contributed by atoms with van der Waals surface area (Å²) in [5.74, 6) is 0.401. The number of carbonyl (C=O) groups excluding carboxylic acids is 1. The number of aromatic nitrogens is 3. The second kappa shape index (κ2) is 7.08. The summed E-state index contributed by atoms with van der Waals surface area (Å²) in [6.07, 6.45) is 0.926.